The van der Waals surface area contributed by atoms with Crippen LogP contribution in [0.5, 0.6) is 0 Å². The van der Waals surface area contributed by atoms with Crippen LogP contribution in [0.3, 0.4) is 0 Å². The number of halogens is 1. The molecule has 0 radical (unpaired) electrons. The van der Waals surface area contributed by atoms with Crippen LogP contribution in [0.15, 0.2) is 12.3 Å². The van der Waals surface area contributed by atoms with Gasteiger partial charge in [0.05, 0.1) is 5.39 Å². The van der Waals surface area contributed by atoms with Crippen LogP contribution in [-0.4, -0.2) is 15.9 Å². The summed E-state index contributed by atoms with van der Waals surface area (Å²) in [4.78, 5) is 21.4. The minimum absolute atomic E-state index is 0.103. The van der Waals surface area contributed by atoms with Crippen LogP contribution in [0.4, 0.5) is 5.95 Å². The number of rotatable bonds is 2. The topological polar surface area (TPSA) is 71.9 Å². The molecule has 2 aromatic rings. The van der Waals surface area contributed by atoms with Gasteiger partial charge in [0.15, 0.2) is 0 Å². The smallest absolute Gasteiger partial charge is 0.296 e. The lowest BCUT2D eigenvalue weighted by atomic mass is 10.2. The van der Waals surface area contributed by atoms with E-state index in [1.54, 1.807) is 6.20 Å². The molecule has 0 aliphatic carbocycles. The van der Waals surface area contributed by atoms with Crippen LogP contribution < -0.4 is 10.3 Å². The van der Waals surface area contributed by atoms with E-state index in [0.717, 1.165) is 11.0 Å². The maximum atomic E-state index is 11.5. The van der Waals surface area contributed by atoms with Gasteiger partial charge in [0, 0.05) is 12.1 Å². The molecule has 0 aliphatic heterocycles. The summed E-state index contributed by atoms with van der Waals surface area (Å²) in [5.74, 6) is 0.137. The molecule has 0 bridgehead atoms. The predicted molar refractivity (Wildman–Crippen MR) is 61.1 cm³/mol. The van der Waals surface area contributed by atoms with Gasteiger partial charge in [-0.2, -0.15) is 0 Å². The van der Waals surface area contributed by atoms with Crippen LogP contribution in [-0.2, 0) is 4.79 Å². The van der Waals surface area contributed by atoms with Crippen LogP contribution in [0.1, 0.15) is 13.8 Å². The fourth-order valence-corrected chi connectivity index (χ4v) is 1.51. The molecule has 3 N–H and O–H groups in total. The fourth-order valence-electron chi connectivity index (χ4n) is 1.27. The number of nitrogens with zero attached hydrogens (tertiary/aromatic N) is 1. The maximum absolute atomic E-state index is 11.5. The molecule has 2 aromatic heterocycles. The zero-order chi connectivity index (χ0) is 11.7. The lowest BCUT2D eigenvalue weighted by molar-refractivity contribution is -0.333. The monoisotopic (exact) mass is 239 g/mol. The highest BCUT2D eigenvalue weighted by Gasteiger charge is 2.16. The Labute approximate surface area is 97.2 Å². The van der Waals surface area contributed by atoms with Crippen molar-refractivity contribution < 1.29 is 9.78 Å². The standard InChI is InChI=1S/C10H11ClN4O/c1-5(2)9(16)15-10-13-7(11)6-3-4-12-8(6)14-10/h3-5H,1-2H3,(H2,12,13,14,15,16)/p+1. The van der Waals surface area contributed by atoms with Gasteiger partial charge in [0.2, 0.25) is 10.8 Å². The third-order valence-electron chi connectivity index (χ3n) is 2.19. The molecule has 0 fully saturated rings. The van der Waals surface area contributed by atoms with Crippen molar-refractivity contribution in [2.75, 3.05) is 5.32 Å². The molecule has 0 aliphatic rings. The predicted octanol–water partition coefficient (Wildman–Crippen LogP) is 1.62. The van der Waals surface area contributed by atoms with E-state index < -0.39 is 0 Å². The average Bonchev–Trinajstić information content (AvgIpc) is 2.65. The fraction of sp³-hybridized carbons (Fsp3) is 0.300. The van der Waals surface area contributed by atoms with Crippen molar-refractivity contribution in [3.05, 3.63) is 17.4 Å². The number of H-pyrrole nitrogens is 2. The van der Waals surface area contributed by atoms with Crippen molar-refractivity contribution in [3.8, 4) is 0 Å². The van der Waals surface area contributed by atoms with Gasteiger partial charge in [-0.15, -0.1) is 0 Å². The van der Waals surface area contributed by atoms with Crippen molar-refractivity contribution in [2.45, 2.75) is 13.8 Å². The van der Waals surface area contributed by atoms with E-state index in [-0.39, 0.29) is 11.8 Å². The highest BCUT2D eigenvalue weighted by Crippen LogP contribution is 2.17. The Hall–Kier alpha value is -1.62. The van der Waals surface area contributed by atoms with E-state index in [9.17, 15) is 4.79 Å². The van der Waals surface area contributed by atoms with Crippen molar-refractivity contribution in [2.24, 2.45) is 5.92 Å². The average molecular weight is 240 g/mol. The SMILES string of the molecule is CC(C)C(=O)Nc1nc(Cl)c2cc[nH]c2[nH+]1. The molecule has 2 rings (SSSR count). The number of amides is 1. The minimum Gasteiger partial charge on any atom is -0.296 e. The molecule has 16 heavy (non-hydrogen) atoms. The first kappa shape index (κ1) is 10.9. The zero-order valence-electron chi connectivity index (χ0n) is 8.97. The van der Waals surface area contributed by atoms with Gasteiger partial charge in [0.25, 0.3) is 5.91 Å². The van der Waals surface area contributed by atoms with Crippen molar-refractivity contribution in [1.29, 1.82) is 0 Å². The van der Waals surface area contributed by atoms with E-state index in [4.69, 9.17) is 11.6 Å². The second-order valence-electron chi connectivity index (χ2n) is 3.79. The summed E-state index contributed by atoms with van der Waals surface area (Å²) < 4.78 is 0. The quantitative estimate of drug-likeness (QED) is 0.782. The third kappa shape index (κ3) is 1.99. The largest absolute Gasteiger partial charge is 0.353 e. The molecule has 5 nitrogen and oxygen atoms in total. The van der Waals surface area contributed by atoms with Crippen molar-refractivity contribution >= 4 is 34.5 Å². The number of carbonyl (C=O) groups excluding carboxylic acids is 1. The molecule has 0 saturated carbocycles. The summed E-state index contributed by atoms with van der Waals surface area (Å²) in [6, 6.07) is 1.81. The van der Waals surface area contributed by atoms with Gasteiger partial charge >= 0.3 is 5.95 Å². The lowest BCUT2D eigenvalue weighted by Gasteiger charge is -2.01. The van der Waals surface area contributed by atoms with Gasteiger partial charge in [0.1, 0.15) is 0 Å². The number of nitrogens with one attached hydrogen (secondary N) is 3. The summed E-state index contributed by atoms with van der Waals surface area (Å²) in [5.41, 5.74) is 0.735. The van der Waals surface area contributed by atoms with E-state index in [1.165, 1.54) is 0 Å². The van der Waals surface area contributed by atoms with Crippen molar-refractivity contribution in [3.63, 3.8) is 0 Å². The zero-order valence-corrected chi connectivity index (χ0v) is 9.72. The first-order chi connectivity index (χ1) is 7.58. The Bertz CT molecular complexity index is 535. The van der Waals surface area contributed by atoms with Gasteiger partial charge in [-0.25, -0.2) is 10.3 Å². The van der Waals surface area contributed by atoms with Gasteiger partial charge in [-0.3, -0.25) is 9.78 Å². The Morgan fingerprint density at radius 1 is 1.62 bits per heavy atom. The number of aromatic amines is 2. The van der Waals surface area contributed by atoms with E-state index in [1.807, 2.05) is 19.9 Å². The van der Waals surface area contributed by atoms with Gasteiger partial charge in [-0.05, 0) is 17.7 Å². The lowest BCUT2D eigenvalue weighted by Crippen LogP contribution is -2.25. The number of anilines is 1. The summed E-state index contributed by atoms with van der Waals surface area (Å²) in [6.45, 7) is 3.62. The number of carbonyl (C=O) groups is 1. The normalized spacial score (nSPS) is 11.0. The summed E-state index contributed by atoms with van der Waals surface area (Å²) in [7, 11) is 0. The summed E-state index contributed by atoms with van der Waals surface area (Å²) in [5, 5.41) is 3.81. The second kappa shape index (κ2) is 4.09. The minimum atomic E-state index is -0.106. The molecule has 0 unspecified atom stereocenters. The molecule has 1 amide bonds. The first-order valence-corrected chi connectivity index (χ1v) is 5.32. The first-order valence-electron chi connectivity index (χ1n) is 4.94. The molecule has 0 saturated heterocycles. The number of fused-ring (bicyclic) bond motifs is 1. The third-order valence-corrected chi connectivity index (χ3v) is 2.48. The molecular weight excluding hydrogens is 228 g/mol. The number of hydrogen-bond donors (Lipinski definition) is 2. The van der Waals surface area contributed by atoms with Crippen molar-refractivity contribution in [1.82, 2.24) is 9.97 Å². The molecule has 0 aromatic carbocycles. The van der Waals surface area contributed by atoms with E-state index in [2.05, 4.69) is 20.3 Å². The van der Waals surface area contributed by atoms with Crippen LogP contribution in [0.25, 0.3) is 11.0 Å². The van der Waals surface area contributed by atoms with Crippen LogP contribution in [0, 0.1) is 5.92 Å². The van der Waals surface area contributed by atoms with E-state index in [0.29, 0.717) is 11.1 Å². The summed E-state index contributed by atoms with van der Waals surface area (Å²) in [6.07, 6.45) is 1.75. The molecule has 6 heteroatoms. The van der Waals surface area contributed by atoms with Gasteiger partial charge in [-0.1, -0.05) is 18.8 Å². The molecule has 2 heterocycles. The van der Waals surface area contributed by atoms with Gasteiger partial charge < -0.3 is 0 Å². The van der Waals surface area contributed by atoms with Crippen LogP contribution >= 0.6 is 11.6 Å². The maximum Gasteiger partial charge on any atom is 0.353 e. The van der Waals surface area contributed by atoms with Crippen LogP contribution in [0.2, 0.25) is 5.15 Å². The summed E-state index contributed by atoms with van der Waals surface area (Å²) >= 11 is 5.96. The molecular formula is C10H12ClN4O+. The highest BCUT2D eigenvalue weighted by atomic mass is 35.5. The second-order valence-corrected chi connectivity index (χ2v) is 4.14. The number of hydrogen-bond acceptors (Lipinski definition) is 2. The Morgan fingerprint density at radius 3 is 3.06 bits per heavy atom. The molecule has 0 atom stereocenters. The van der Waals surface area contributed by atoms with E-state index >= 15 is 0 Å². The Balaban J connectivity index is 2.35. The number of aromatic nitrogens is 3. The Morgan fingerprint density at radius 2 is 2.38 bits per heavy atom. The Kier molecular flexibility index (Phi) is 2.78. The highest BCUT2D eigenvalue weighted by molar-refractivity contribution is 6.33. The molecule has 84 valence electrons. The molecule has 0 spiro atoms.